The number of ketones is 4. The van der Waals surface area contributed by atoms with Crippen LogP contribution in [-0.4, -0.2) is 28.1 Å². The first-order valence-corrected chi connectivity index (χ1v) is 11.9. The maximum Gasteiger partial charge on any atom is 0.280 e. The average Bonchev–Trinajstić information content (AvgIpc) is 2.97. The number of carbonyl (C=O) groups is 4. The van der Waals surface area contributed by atoms with Crippen LogP contribution in [0.2, 0.25) is 0 Å². The summed E-state index contributed by atoms with van der Waals surface area (Å²) in [4.78, 5) is 62.1. The van der Waals surface area contributed by atoms with Gasteiger partial charge < -0.3 is 0 Å². The van der Waals surface area contributed by atoms with Crippen molar-refractivity contribution in [3.05, 3.63) is 158 Å². The van der Waals surface area contributed by atoms with Gasteiger partial charge in [0.2, 0.25) is 0 Å². The molecule has 39 heavy (non-hydrogen) atoms. The lowest BCUT2D eigenvalue weighted by Crippen LogP contribution is -2.23. The molecule has 0 aliphatic heterocycles. The lowest BCUT2D eigenvalue weighted by atomic mass is 9.81. The quantitative estimate of drug-likeness (QED) is 0.111. The van der Waals surface area contributed by atoms with Crippen molar-refractivity contribution in [2.75, 3.05) is 0 Å². The first kappa shape index (κ1) is 25.1. The van der Waals surface area contributed by atoms with Gasteiger partial charge in [-0.05, 0) is 29.3 Å². The highest BCUT2D eigenvalue weighted by Gasteiger charge is 2.32. The third kappa shape index (κ3) is 4.89. The lowest BCUT2D eigenvalue weighted by Gasteiger charge is -2.19. The molecule has 188 valence electrons. The molecule has 5 rings (SSSR count). The number of nitro benzene ring substituents is 1. The van der Waals surface area contributed by atoms with Crippen LogP contribution in [-0.2, 0) is 0 Å². The summed E-state index contributed by atoms with van der Waals surface area (Å²) in [7, 11) is 0. The predicted octanol–water partition coefficient (Wildman–Crippen LogP) is 6.16. The van der Waals surface area contributed by atoms with Crippen molar-refractivity contribution in [1.29, 1.82) is 0 Å². The minimum atomic E-state index is -0.596. The van der Waals surface area contributed by atoms with Crippen LogP contribution in [0.4, 0.5) is 5.69 Å². The lowest BCUT2D eigenvalue weighted by molar-refractivity contribution is -0.385. The number of rotatable bonds is 7. The molecule has 0 spiro atoms. The molecule has 4 aromatic carbocycles. The molecular formula is C32H19NO6. The molecule has 1 aliphatic carbocycles. The minimum absolute atomic E-state index is 0.00332. The van der Waals surface area contributed by atoms with Crippen LogP contribution in [0.1, 0.15) is 63.7 Å². The Morgan fingerprint density at radius 1 is 0.590 bits per heavy atom. The number of carbonyl (C=O) groups excluding carboxylic acids is 4. The zero-order valence-corrected chi connectivity index (χ0v) is 20.4. The molecular weight excluding hydrogens is 494 g/mol. The second-order valence-electron chi connectivity index (χ2n) is 8.77. The predicted molar refractivity (Wildman–Crippen MR) is 146 cm³/mol. The standard InChI is InChI=1S/C32H19NO6/c34-28(24-8-3-4-11-27(24)33(38)39)18-16-20-12-14-21(15-13-20)17-19-29(35)25-9-5-10-26-30(25)32(37)23-7-2-1-6-22(23)31(26)36/h1-19H/b18-16+,19-17+. The molecule has 0 bridgehead atoms. The average molecular weight is 514 g/mol. The summed E-state index contributed by atoms with van der Waals surface area (Å²) in [6.45, 7) is 0. The summed E-state index contributed by atoms with van der Waals surface area (Å²) >= 11 is 0. The summed E-state index contributed by atoms with van der Waals surface area (Å²) < 4.78 is 0. The van der Waals surface area contributed by atoms with Crippen LogP contribution >= 0.6 is 0 Å². The van der Waals surface area contributed by atoms with E-state index in [1.165, 1.54) is 36.4 Å². The van der Waals surface area contributed by atoms with Crippen LogP contribution < -0.4 is 0 Å². The summed E-state index contributed by atoms with van der Waals surface area (Å²) in [6.07, 6.45) is 5.76. The minimum Gasteiger partial charge on any atom is -0.289 e. The normalized spacial score (nSPS) is 12.4. The molecule has 0 radical (unpaired) electrons. The Bertz CT molecular complexity index is 1740. The maximum atomic E-state index is 13.2. The number of benzene rings is 4. The second-order valence-corrected chi connectivity index (χ2v) is 8.77. The number of hydrogen-bond acceptors (Lipinski definition) is 6. The SMILES string of the molecule is O=C(/C=C/c1ccc(/C=C/C(=O)c2cccc3c2C(=O)c2ccccc2C3=O)cc1)c1ccccc1[N+](=O)[O-]. The molecule has 0 amide bonds. The van der Waals surface area contributed by atoms with Gasteiger partial charge >= 0.3 is 0 Å². The van der Waals surface area contributed by atoms with E-state index in [9.17, 15) is 29.3 Å². The smallest absolute Gasteiger partial charge is 0.280 e. The molecule has 0 N–H and O–H groups in total. The van der Waals surface area contributed by atoms with Crippen LogP contribution in [0.25, 0.3) is 12.2 Å². The van der Waals surface area contributed by atoms with Gasteiger partial charge in [0.05, 0.1) is 10.5 Å². The molecule has 0 aromatic heterocycles. The van der Waals surface area contributed by atoms with Crippen molar-refractivity contribution < 1.29 is 24.1 Å². The van der Waals surface area contributed by atoms with E-state index in [1.807, 2.05) is 0 Å². The van der Waals surface area contributed by atoms with Crippen LogP contribution in [0, 0.1) is 10.1 Å². The molecule has 0 saturated carbocycles. The Hall–Kier alpha value is -5.56. The van der Waals surface area contributed by atoms with E-state index < -0.39 is 16.5 Å². The molecule has 0 heterocycles. The van der Waals surface area contributed by atoms with Crippen LogP contribution in [0.15, 0.2) is 103 Å². The number of nitro groups is 1. The van der Waals surface area contributed by atoms with Gasteiger partial charge in [-0.15, -0.1) is 0 Å². The fourth-order valence-corrected chi connectivity index (χ4v) is 4.43. The van der Waals surface area contributed by atoms with Gasteiger partial charge in [0.15, 0.2) is 23.1 Å². The van der Waals surface area contributed by atoms with Crippen molar-refractivity contribution in [1.82, 2.24) is 0 Å². The van der Waals surface area contributed by atoms with Gasteiger partial charge in [-0.2, -0.15) is 0 Å². The van der Waals surface area contributed by atoms with Crippen molar-refractivity contribution in [2.24, 2.45) is 0 Å². The van der Waals surface area contributed by atoms with Gasteiger partial charge in [0, 0.05) is 33.9 Å². The second kappa shape index (κ2) is 10.4. The Balaban J connectivity index is 1.33. The molecule has 1 aliphatic rings. The van der Waals surface area contributed by atoms with E-state index in [2.05, 4.69) is 0 Å². The van der Waals surface area contributed by atoms with Crippen LogP contribution in [0.3, 0.4) is 0 Å². The Morgan fingerprint density at radius 3 is 1.69 bits per heavy atom. The van der Waals surface area contributed by atoms with Gasteiger partial charge in [0.25, 0.3) is 5.69 Å². The number of para-hydroxylation sites is 1. The third-order valence-electron chi connectivity index (χ3n) is 6.37. The first-order chi connectivity index (χ1) is 18.8. The maximum absolute atomic E-state index is 13.2. The summed E-state index contributed by atoms with van der Waals surface area (Å²) in [5, 5.41) is 11.2. The Morgan fingerprint density at radius 2 is 1.08 bits per heavy atom. The monoisotopic (exact) mass is 513 g/mol. The molecule has 7 nitrogen and oxygen atoms in total. The molecule has 0 fully saturated rings. The van der Waals surface area contributed by atoms with Crippen molar-refractivity contribution >= 4 is 41.0 Å². The van der Waals surface area contributed by atoms with E-state index in [4.69, 9.17) is 0 Å². The Kier molecular flexibility index (Phi) is 6.72. The van der Waals surface area contributed by atoms with Gasteiger partial charge in [-0.3, -0.25) is 29.3 Å². The highest BCUT2D eigenvalue weighted by molar-refractivity contribution is 6.31. The molecule has 7 heteroatoms. The summed E-state index contributed by atoms with van der Waals surface area (Å²) in [5.41, 5.74) is 2.22. The van der Waals surface area contributed by atoms with E-state index in [1.54, 1.807) is 78.9 Å². The highest BCUT2D eigenvalue weighted by Crippen LogP contribution is 2.30. The molecule has 0 atom stereocenters. The van der Waals surface area contributed by atoms with Gasteiger partial charge in [-0.1, -0.05) is 91.0 Å². The van der Waals surface area contributed by atoms with Crippen LogP contribution in [0.5, 0.6) is 0 Å². The highest BCUT2D eigenvalue weighted by atomic mass is 16.6. The van der Waals surface area contributed by atoms with Crippen molar-refractivity contribution in [3.8, 4) is 0 Å². The summed E-state index contributed by atoms with van der Waals surface area (Å²) in [5.74, 6) is -1.54. The number of allylic oxidation sites excluding steroid dienone is 2. The fraction of sp³-hybridized carbons (Fsp3) is 0. The zero-order valence-electron chi connectivity index (χ0n) is 20.4. The number of nitrogens with zero attached hydrogens (tertiary/aromatic N) is 1. The number of hydrogen-bond donors (Lipinski definition) is 0. The van der Waals surface area contributed by atoms with E-state index >= 15 is 0 Å². The van der Waals surface area contributed by atoms with Gasteiger partial charge in [0.1, 0.15) is 0 Å². The van der Waals surface area contributed by atoms with Crippen molar-refractivity contribution in [3.63, 3.8) is 0 Å². The van der Waals surface area contributed by atoms with E-state index in [-0.39, 0.29) is 45.1 Å². The molecule has 0 unspecified atom stereocenters. The van der Waals surface area contributed by atoms with Crippen molar-refractivity contribution in [2.45, 2.75) is 0 Å². The van der Waals surface area contributed by atoms with E-state index in [0.29, 0.717) is 16.7 Å². The Labute approximate surface area is 222 Å². The zero-order chi connectivity index (χ0) is 27.5. The molecule has 4 aromatic rings. The first-order valence-electron chi connectivity index (χ1n) is 11.9. The summed E-state index contributed by atoms with van der Waals surface area (Å²) in [6, 6.07) is 23.9. The number of fused-ring (bicyclic) bond motifs is 2. The van der Waals surface area contributed by atoms with Gasteiger partial charge in [-0.25, -0.2) is 0 Å². The fourth-order valence-electron chi connectivity index (χ4n) is 4.43. The third-order valence-corrected chi connectivity index (χ3v) is 6.37. The largest absolute Gasteiger partial charge is 0.289 e. The topological polar surface area (TPSA) is 111 Å². The molecule has 0 saturated heterocycles. The van der Waals surface area contributed by atoms with E-state index in [0.717, 1.165) is 0 Å².